The zero-order valence-corrected chi connectivity index (χ0v) is 17.6. The van der Waals surface area contributed by atoms with Crippen molar-refractivity contribution in [2.24, 2.45) is 0 Å². The molecule has 10 heteroatoms. The molecule has 0 aliphatic carbocycles. The van der Waals surface area contributed by atoms with Gasteiger partial charge in [-0.15, -0.1) is 0 Å². The van der Waals surface area contributed by atoms with Crippen LogP contribution in [0.3, 0.4) is 0 Å². The molecular formula is C23H21F3N2O5. The van der Waals surface area contributed by atoms with Gasteiger partial charge in [0.25, 0.3) is 5.91 Å². The molecule has 33 heavy (non-hydrogen) atoms. The van der Waals surface area contributed by atoms with Crippen LogP contribution in [0.1, 0.15) is 29.0 Å². The highest BCUT2D eigenvalue weighted by Crippen LogP contribution is 2.37. The van der Waals surface area contributed by atoms with Crippen LogP contribution in [-0.4, -0.2) is 25.5 Å². The first-order valence-electron chi connectivity index (χ1n) is 9.91. The van der Waals surface area contributed by atoms with Gasteiger partial charge in [0.2, 0.25) is 5.91 Å². The monoisotopic (exact) mass is 462 g/mol. The lowest BCUT2D eigenvalue weighted by Gasteiger charge is -2.15. The fourth-order valence-electron chi connectivity index (χ4n) is 2.84. The van der Waals surface area contributed by atoms with Gasteiger partial charge in [-0.2, -0.15) is 13.2 Å². The summed E-state index contributed by atoms with van der Waals surface area (Å²) in [5, 5.41) is 5.05. The molecule has 0 saturated carbocycles. The molecule has 0 spiro atoms. The number of anilines is 1. The Kier molecular flexibility index (Phi) is 7.60. The predicted octanol–water partition coefficient (Wildman–Crippen LogP) is 5.25. The average molecular weight is 462 g/mol. The first-order valence-corrected chi connectivity index (χ1v) is 9.91. The fraction of sp³-hybridized carbons (Fsp3) is 0.217. The molecule has 174 valence electrons. The standard InChI is InChI=1S/C23H21F3N2O5/c1-31-16-5-2-6-17(14-16)33-19-10-9-15(23(24,25)26)13-18(19)28-21(29)8-3-11-27-22(30)20-7-4-12-32-20/h2,4-7,9-10,12-14H,3,8,11H2,1H3,(H,27,30)(H,28,29). The smallest absolute Gasteiger partial charge is 0.416 e. The van der Waals surface area contributed by atoms with Crippen LogP contribution >= 0.6 is 0 Å². The number of furan rings is 1. The Morgan fingerprint density at radius 1 is 1.03 bits per heavy atom. The summed E-state index contributed by atoms with van der Waals surface area (Å²) in [6.45, 7) is 0.183. The number of carbonyl (C=O) groups excluding carboxylic acids is 2. The summed E-state index contributed by atoms with van der Waals surface area (Å²) in [6.07, 6.45) is -3.00. The highest BCUT2D eigenvalue weighted by molar-refractivity contribution is 5.93. The number of ether oxygens (including phenoxy) is 2. The van der Waals surface area contributed by atoms with E-state index in [0.29, 0.717) is 11.5 Å². The van der Waals surface area contributed by atoms with E-state index in [-0.39, 0.29) is 36.6 Å². The number of nitrogens with one attached hydrogen (secondary N) is 2. The number of methoxy groups -OCH3 is 1. The van der Waals surface area contributed by atoms with E-state index in [1.54, 1.807) is 30.3 Å². The Hall–Kier alpha value is -3.95. The van der Waals surface area contributed by atoms with Gasteiger partial charge in [-0.1, -0.05) is 6.07 Å². The first kappa shape index (κ1) is 23.7. The van der Waals surface area contributed by atoms with Crippen LogP contribution in [0, 0.1) is 0 Å². The summed E-state index contributed by atoms with van der Waals surface area (Å²) in [7, 11) is 1.47. The second-order valence-corrected chi connectivity index (χ2v) is 6.87. The Morgan fingerprint density at radius 2 is 1.82 bits per heavy atom. The SMILES string of the molecule is COc1cccc(Oc2ccc(C(F)(F)F)cc2NC(=O)CCCNC(=O)c2ccco2)c1. The molecule has 0 saturated heterocycles. The van der Waals surface area contributed by atoms with E-state index < -0.39 is 23.6 Å². The number of hydrogen-bond acceptors (Lipinski definition) is 5. The number of hydrogen-bond donors (Lipinski definition) is 2. The molecule has 0 unspecified atom stereocenters. The van der Waals surface area contributed by atoms with Crippen LogP contribution < -0.4 is 20.1 Å². The second kappa shape index (κ2) is 10.6. The Balaban J connectivity index is 1.65. The molecule has 0 radical (unpaired) electrons. The summed E-state index contributed by atoms with van der Waals surface area (Å²) in [5.74, 6) is 0.0506. The summed E-state index contributed by atoms with van der Waals surface area (Å²) >= 11 is 0. The molecule has 0 bridgehead atoms. The molecule has 2 amide bonds. The molecule has 0 aliphatic heterocycles. The van der Waals surface area contributed by atoms with Crippen LogP contribution in [0.4, 0.5) is 18.9 Å². The normalized spacial score (nSPS) is 11.0. The molecule has 0 atom stereocenters. The Morgan fingerprint density at radius 3 is 2.52 bits per heavy atom. The lowest BCUT2D eigenvalue weighted by Crippen LogP contribution is -2.25. The lowest BCUT2D eigenvalue weighted by molar-refractivity contribution is -0.137. The lowest BCUT2D eigenvalue weighted by atomic mass is 10.1. The molecule has 1 aromatic heterocycles. The molecular weight excluding hydrogens is 441 g/mol. The van der Waals surface area contributed by atoms with E-state index >= 15 is 0 Å². The Labute approximate surface area is 187 Å². The number of alkyl halides is 3. The molecule has 2 aromatic carbocycles. The fourth-order valence-corrected chi connectivity index (χ4v) is 2.84. The van der Waals surface area contributed by atoms with Crippen molar-refractivity contribution in [3.8, 4) is 17.2 Å². The van der Waals surface area contributed by atoms with Crippen molar-refractivity contribution in [3.05, 3.63) is 72.2 Å². The number of amides is 2. The maximum atomic E-state index is 13.2. The molecule has 0 aliphatic rings. The highest BCUT2D eigenvalue weighted by Gasteiger charge is 2.31. The molecule has 7 nitrogen and oxygen atoms in total. The molecule has 3 aromatic rings. The van der Waals surface area contributed by atoms with E-state index in [2.05, 4.69) is 10.6 Å². The van der Waals surface area contributed by atoms with Crippen molar-refractivity contribution in [1.82, 2.24) is 5.32 Å². The number of rotatable bonds is 9. The van der Waals surface area contributed by atoms with Gasteiger partial charge < -0.3 is 24.5 Å². The van der Waals surface area contributed by atoms with Crippen molar-refractivity contribution >= 4 is 17.5 Å². The first-order chi connectivity index (χ1) is 15.8. The van der Waals surface area contributed by atoms with Crippen LogP contribution in [-0.2, 0) is 11.0 Å². The maximum Gasteiger partial charge on any atom is 0.416 e. The minimum absolute atomic E-state index is 0.0344. The number of carbonyl (C=O) groups is 2. The summed E-state index contributed by atoms with van der Waals surface area (Å²) < 4.78 is 55.3. The Bertz CT molecular complexity index is 1100. The van der Waals surface area contributed by atoms with E-state index in [1.165, 1.54) is 19.4 Å². The summed E-state index contributed by atoms with van der Waals surface area (Å²) in [6, 6.07) is 12.4. The summed E-state index contributed by atoms with van der Waals surface area (Å²) in [5.41, 5.74) is -1.06. The predicted molar refractivity (Wildman–Crippen MR) is 113 cm³/mol. The van der Waals surface area contributed by atoms with Crippen molar-refractivity contribution in [3.63, 3.8) is 0 Å². The number of benzene rings is 2. The van der Waals surface area contributed by atoms with Crippen LogP contribution in [0.15, 0.2) is 65.3 Å². The number of halogens is 3. The van der Waals surface area contributed by atoms with Gasteiger partial charge >= 0.3 is 6.18 Å². The summed E-state index contributed by atoms with van der Waals surface area (Å²) in [4.78, 5) is 24.2. The van der Waals surface area contributed by atoms with E-state index in [9.17, 15) is 22.8 Å². The third kappa shape index (κ3) is 6.76. The van der Waals surface area contributed by atoms with E-state index in [4.69, 9.17) is 13.9 Å². The van der Waals surface area contributed by atoms with Crippen molar-refractivity contribution in [2.45, 2.75) is 19.0 Å². The molecule has 0 fully saturated rings. The van der Waals surface area contributed by atoms with Gasteiger partial charge in [0.1, 0.15) is 11.5 Å². The molecule has 3 rings (SSSR count). The van der Waals surface area contributed by atoms with E-state index in [0.717, 1.165) is 18.2 Å². The van der Waals surface area contributed by atoms with Crippen LogP contribution in [0.25, 0.3) is 0 Å². The van der Waals surface area contributed by atoms with Gasteiger partial charge in [-0.25, -0.2) is 0 Å². The largest absolute Gasteiger partial charge is 0.497 e. The quantitative estimate of drug-likeness (QED) is 0.424. The van der Waals surface area contributed by atoms with Crippen molar-refractivity contribution < 1.29 is 36.7 Å². The third-order valence-electron chi connectivity index (χ3n) is 4.46. The van der Waals surface area contributed by atoms with Gasteiger partial charge in [0.05, 0.1) is 24.6 Å². The molecule has 2 N–H and O–H groups in total. The van der Waals surface area contributed by atoms with Gasteiger partial charge in [-0.3, -0.25) is 9.59 Å². The zero-order valence-electron chi connectivity index (χ0n) is 17.6. The molecule has 1 heterocycles. The topological polar surface area (TPSA) is 89.8 Å². The van der Waals surface area contributed by atoms with Gasteiger partial charge in [-0.05, 0) is 48.9 Å². The minimum Gasteiger partial charge on any atom is -0.497 e. The van der Waals surface area contributed by atoms with Crippen LogP contribution in [0.5, 0.6) is 17.2 Å². The van der Waals surface area contributed by atoms with Crippen molar-refractivity contribution in [2.75, 3.05) is 19.0 Å². The highest BCUT2D eigenvalue weighted by atomic mass is 19.4. The second-order valence-electron chi connectivity index (χ2n) is 6.87. The van der Waals surface area contributed by atoms with Gasteiger partial charge in [0, 0.05) is 19.0 Å². The van der Waals surface area contributed by atoms with Crippen LogP contribution in [0.2, 0.25) is 0 Å². The minimum atomic E-state index is -4.59. The average Bonchev–Trinajstić information content (AvgIpc) is 3.32. The van der Waals surface area contributed by atoms with Crippen molar-refractivity contribution in [1.29, 1.82) is 0 Å². The maximum absolute atomic E-state index is 13.2. The third-order valence-corrected chi connectivity index (χ3v) is 4.46. The van der Waals surface area contributed by atoms with Gasteiger partial charge in [0.15, 0.2) is 11.5 Å². The zero-order chi connectivity index (χ0) is 23.8. The van der Waals surface area contributed by atoms with E-state index in [1.807, 2.05) is 0 Å².